The summed E-state index contributed by atoms with van der Waals surface area (Å²) in [6.07, 6.45) is 2.02. The molecule has 2 aromatic rings. The number of carboxylic acid groups (broad SMARTS) is 1. The Morgan fingerprint density at radius 3 is 2.43 bits per heavy atom. The van der Waals surface area contributed by atoms with Gasteiger partial charge >= 0.3 is 12.1 Å². The number of amidine groups is 1. The van der Waals surface area contributed by atoms with Crippen molar-refractivity contribution in [2.75, 3.05) is 32.0 Å². The average molecular weight is 534 g/mol. The van der Waals surface area contributed by atoms with Crippen LogP contribution in [0.5, 0.6) is 0 Å². The third kappa shape index (κ3) is 6.43. The molecule has 1 amide bonds. The van der Waals surface area contributed by atoms with Gasteiger partial charge in [0.1, 0.15) is 23.8 Å². The molecule has 0 unspecified atom stereocenters. The average Bonchev–Trinajstić information content (AvgIpc) is 3.26. The van der Waals surface area contributed by atoms with Crippen LogP contribution in [-0.2, 0) is 19.6 Å². The zero-order chi connectivity index (χ0) is 27.5. The maximum absolute atomic E-state index is 13.3. The van der Waals surface area contributed by atoms with Crippen molar-refractivity contribution in [2.24, 2.45) is 0 Å². The predicted octanol–water partition coefficient (Wildman–Crippen LogP) is 3.19. The van der Waals surface area contributed by atoms with E-state index in [2.05, 4.69) is 5.32 Å². The van der Waals surface area contributed by atoms with E-state index in [1.807, 2.05) is 6.92 Å². The molecule has 11 nitrogen and oxygen atoms in total. The minimum Gasteiger partial charge on any atom is -0.480 e. The summed E-state index contributed by atoms with van der Waals surface area (Å²) in [5.74, 6) is -1.15. The summed E-state index contributed by atoms with van der Waals surface area (Å²) in [7, 11) is -2.43. The van der Waals surface area contributed by atoms with Gasteiger partial charge in [-0.2, -0.15) is 0 Å². The van der Waals surface area contributed by atoms with Gasteiger partial charge in [0.2, 0.25) is 0 Å². The number of carboxylic acids is 1. The Kier molecular flexibility index (Phi) is 8.21. The lowest BCUT2D eigenvalue weighted by Crippen LogP contribution is -2.53. The molecule has 202 valence electrons. The summed E-state index contributed by atoms with van der Waals surface area (Å²) in [5.41, 5.74) is 0.471. The molecule has 1 saturated heterocycles. The Morgan fingerprint density at radius 1 is 1.22 bits per heavy atom. The van der Waals surface area contributed by atoms with Gasteiger partial charge in [0, 0.05) is 32.4 Å². The Balaban J connectivity index is 1.93. The monoisotopic (exact) mass is 533 g/mol. The first-order valence-corrected chi connectivity index (χ1v) is 13.4. The van der Waals surface area contributed by atoms with E-state index in [4.69, 9.17) is 10.1 Å². The zero-order valence-electron chi connectivity index (χ0n) is 21.8. The fourth-order valence-electron chi connectivity index (χ4n) is 4.27. The summed E-state index contributed by atoms with van der Waals surface area (Å²) < 4.78 is 33.2. The lowest BCUT2D eigenvalue weighted by molar-refractivity contribution is -0.137. The third-order valence-corrected chi connectivity index (χ3v) is 7.69. The van der Waals surface area contributed by atoms with Crippen LogP contribution in [0.4, 0.5) is 10.6 Å². The second-order valence-corrected chi connectivity index (χ2v) is 11.8. The Morgan fingerprint density at radius 2 is 1.86 bits per heavy atom. The molecular weight excluding hydrogens is 498 g/mol. The van der Waals surface area contributed by atoms with Crippen molar-refractivity contribution in [2.45, 2.75) is 57.1 Å². The molecule has 0 radical (unpaired) electrons. The van der Waals surface area contributed by atoms with Gasteiger partial charge < -0.3 is 25.0 Å². The van der Waals surface area contributed by atoms with Crippen LogP contribution in [0.15, 0.2) is 41.4 Å². The highest BCUT2D eigenvalue weighted by Gasteiger charge is 2.34. The standard InChI is InChI=1S/C25H35N5O6S/c1-17-8-10-19(11-9-17)37(34,35)30-14-12-20(23(30)27-5)22(26)29(16-21(31)32)18-7-6-13-28(15-18)24(33)36-25(2,3)4/h8-12,14,18,26-27H,6-7,13,15-16H2,1-5H3,(H,31,32)/t18-/m1/s1. The van der Waals surface area contributed by atoms with Gasteiger partial charge in [-0.3, -0.25) is 10.2 Å². The number of nitrogens with zero attached hydrogens (tertiary/aromatic N) is 3. The number of anilines is 1. The van der Waals surface area contributed by atoms with Crippen molar-refractivity contribution >= 4 is 33.7 Å². The Bertz CT molecular complexity index is 1260. The molecule has 1 aromatic carbocycles. The number of aliphatic carboxylic acids is 1. The highest BCUT2D eigenvalue weighted by Crippen LogP contribution is 2.27. The number of carbonyl (C=O) groups excluding carboxylic acids is 1. The molecule has 1 aliphatic heterocycles. The third-order valence-electron chi connectivity index (χ3n) is 6.00. The molecule has 0 spiro atoms. The quantitative estimate of drug-likeness (QED) is 0.363. The van der Waals surface area contributed by atoms with E-state index in [1.54, 1.807) is 40.0 Å². The normalized spacial score (nSPS) is 16.2. The molecule has 1 aliphatic rings. The summed E-state index contributed by atoms with van der Waals surface area (Å²) in [4.78, 5) is 27.4. The lowest BCUT2D eigenvalue weighted by atomic mass is 10.0. The number of benzene rings is 1. The van der Waals surface area contributed by atoms with Gasteiger partial charge in [0.15, 0.2) is 0 Å². The molecule has 12 heteroatoms. The highest BCUT2D eigenvalue weighted by atomic mass is 32.2. The number of amides is 1. The van der Waals surface area contributed by atoms with E-state index >= 15 is 0 Å². The molecule has 0 saturated carbocycles. The molecule has 0 aliphatic carbocycles. The maximum Gasteiger partial charge on any atom is 0.410 e. The largest absolute Gasteiger partial charge is 0.480 e. The molecule has 0 bridgehead atoms. The van der Waals surface area contributed by atoms with Gasteiger partial charge in [-0.25, -0.2) is 17.2 Å². The number of rotatable bonds is 7. The number of likely N-dealkylation sites (tertiary alicyclic amines) is 1. The minimum atomic E-state index is -3.97. The van der Waals surface area contributed by atoms with Crippen molar-refractivity contribution in [3.8, 4) is 0 Å². The van der Waals surface area contributed by atoms with Gasteiger partial charge in [-0.15, -0.1) is 0 Å². The fourth-order valence-corrected chi connectivity index (χ4v) is 5.63. The van der Waals surface area contributed by atoms with E-state index in [0.717, 1.165) is 9.54 Å². The van der Waals surface area contributed by atoms with Crippen molar-refractivity contribution < 1.29 is 27.9 Å². The summed E-state index contributed by atoms with van der Waals surface area (Å²) >= 11 is 0. The summed E-state index contributed by atoms with van der Waals surface area (Å²) in [5, 5.41) is 21.4. The fraction of sp³-hybridized carbons (Fsp3) is 0.480. The molecule has 3 N–H and O–H groups in total. The van der Waals surface area contributed by atoms with Crippen LogP contribution in [0, 0.1) is 12.3 Å². The van der Waals surface area contributed by atoms with E-state index in [9.17, 15) is 23.1 Å². The molecule has 1 fully saturated rings. The van der Waals surface area contributed by atoms with E-state index < -0.39 is 40.3 Å². The maximum atomic E-state index is 13.3. The molecule has 37 heavy (non-hydrogen) atoms. The first-order valence-electron chi connectivity index (χ1n) is 12.0. The molecule has 1 aromatic heterocycles. The summed E-state index contributed by atoms with van der Waals surface area (Å²) in [6, 6.07) is 7.44. The number of carbonyl (C=O) groups is 2. The molecule has 2 heterocycles. The number of aromatic nitrogens is 1. The smallest absolute Gasteiger partial charge is 0.410 e. The van der Waals surface area contributed by atoms with Crippen LogP contribution in [-0.4, -0.2) is 83.5 Å². The van der Waals surface area contributed by atoms with Crippen LogP contribution < -0.4 is 5.32 Å². The number of hydrogen-bond donors (Lipinski definition) is 3. The Hall–Kier alpha value is -3.54. The second-order valence-electron chi connectivity index (χ2n) is 10.0. The highest BCUT2D eigenvalue weighted by molar-refractivity contribution is 7.90. The topological polar surface area (TPSA) is 145 Å². The molecule has 1 atom stereocenters. The number of ether oxygens (including phenoxy) is 1. The lowest BCUT2D eigenvalue weighted by Gasteiger charge is -2.40. The Labute approximate surface area is 217 Å². The predicted molar refractivity (Wildman–Crippen MR) is 140 cm³/mol. The zero-order valence-corrected chi connectivity index (χ0v) is 22.6. The van der Waals surface area contributed by atoms with Crippen LogP contribution in [0.1, 0.15) is 44.7 Å². The van der Waals surface area contributed by atoms with Gasteiger partial charge in [-0.05, 0) is 58.7 Å². The van der Waals surface area contributed by atoms with E-state index in [0.29, 0.717) is 19.4 Å². The number of nitrogens with one attached hydrogen (secondary N) is 2. The van der Waals surface area contributed by atoms with Crippen LogP contribution in [0.2, 0.25) is 0 Å². The van der Waals surface area contributed by atoms with Crippen molar-refractivity contribution in [3.05, 3.63) is 47.7 Å². The molecule has 3 rings (SSSR count). The van der Waals surface area contributed by atoms with Crippen LogP contribution in [0.3, 0.4) is 0 Å². The SMILES string of the molecule is CNc1c(C(=N)N(CC(=O)O)[C@@H]2CCCN(C(=O)OC(C)(C)C)C2)ccn1S(=O)(=O)c1ccc(C)cc1. The first-order chi connectivity index (χ1) is 17.2. The van der Waals surface area contributed by atoms with Gasteiger partial charge in [-0.1, -0.05) is 17.7 Å². The van der Waals surface area contributed by atoms with Crippen LogP contribution in [0.25, 0.3) is 0 Å². The van der Waals surface area contributed by atoms with Crippen molar-refractivity contribution in [3.63, 3.8) is 0 Å². The van der Waals surface area contributed by atoms with E-state index in [1.165, 1.54) is 34.2 Å². The number of aryl methyl sites for hydroxylation is 1. The number of hydrogen-bond acceptors (Lipinski definition) is 7. The van der Waals surface area contributed by atoms with Crippen molar-refractivity contribution in [1.82, 2.24) is 13.8 Å². The molecular formula is C25H35N5O6S. The second kappa shape index (κ2) is 10.8. The van der Waals surface area contributed by atoms with E-state index in [-0.39, 0.29) is 28.7 Å². The number of piperidine rings is 1. The minimum absolute atomic E-state index is 0.0888. The van der Waals surface area contributed by atoms with Crippen LogP contribution >= 0.6 is 0 Å². The van der Waals surface area contributed by atoms with Gasteiger partial charge in [0.05, 0.1) is 10.5 Å². The summed E-state index contributed by atoms with van der Waals surface area (Å²) in [6.45, 7) is 7.34. The first kappa shape index (κ1) is 28.0. The van der Waals surface area contributed by atoms with Crippen molar-refractivity contribution in [1.29, 1.82) is 5.41 Å². The van der Waals surface area contributed by atoms with Gasteiger partial charge in [0.25, 0.3) is 10.0 Å².